The molecule has 0 heterocycles. The van der Waals surface area contributed by atoms with Gasteiger partial charge in [0.25, 0.3) is 0 Å². The topological polar surface area (TPSA) is 43.4 Å². The third-order valence-electron chi connectivity index (χ3n) is 0.875. The molecule has 0 amide bonds. The molecular formula is C8H10O3. The molecule has 0 saturated carbocycles. The second-order valence-corrected chi connectivity index (χ2v) is 1.97. The Morgan fingerprint density at radius 1 is 1.45 bits per heavy atom. The van der Waals surface area contributed by atoms with Gasteiger partial charge in [0.1, 0.15) is 12.2 Å². The number of carbonyl (C=O) groups is 2. The Bertz CT molecular complexity index is 207. The summed E-state index contributed by atoms with van der Waals surface area (Å²) in [6, 6.07) is 0. The van der Waals surface area contributed by atoms with Gasteiger partial charge in [-0.3, -0.25) is 9.59 Å². The van der Waals surface area contributed by atoms with E-state index in [0.29, 0.717) is 0 Å². The monoisotopic (exact) mass is 154 g/mol. The Morgan fingerprint density at radius 2 is 2.09 bits per heavy atom. The second kappa shape index (κ2) is 5.48. The highest BCUT2D eigenvalue weighted by atomic mass is 16.5. The Morgan fingerprint density at radius 3 is 2.55 bits per heavy atom. The number of hydrogen-bond acceptors (Lipinski definition) is 3. The summed E-state index contributed by atoms with van der Waals surface area (Å²) >= 11 is 0. The van der Waals surface area contributed by atoms with Gasteiger partial charge in [-0.15, -0.1) is 5.92 Å². The molecule has 60 valence electrons. The van der Waals surface area contributed by atoms with Crippen molar-refractivity contribution in [2.45, 2.75) is 20.3 Å². The van der Waals surface area contributed by atoms with Crippen LogP contribution in [0.5, 0.6) is 0 Å². The maximum absolute atomic E-state index is 10.6. The summed E-state index contributed by atoms with van der Waals surface area (Å²) in [7, 11) is 0. The van der Waals surface area contributed by atoms with Gasteiger partial charge in [-0.1, -0.05) is 5.92 Å². The lowest BCUT2D eigenvalue weighted by Crippen LogP contribution is -2.08. The number of carbonyl (C=O) groups excluding carboxylic acids is 2. The minimum Gasteiger partial charge on any atom is -0.452 e. The maximum Gasteiger partial charge on any atom is 0.314 e. The summed E-state index contributed by atoms with van der Waals surface area (Å²) in [5.41, 5.74) is 0. The van der Waals surface area contributed by atoms with Gasteiger partial charge in [0.15, 0.2) is 6.61 Å². The molecule has 0 bridgehead atoms. The molecule has 0 spiro atoms. The minimum atomic E-state index is -0.514. The van der Waals surface area contributed by atoms with Gasteiger partial charge in [-0.05, 0) is 13.8 Å². The quantitative estimate of drug-likeness (QED) is 0.338. The molecule has 0 aliphatic rings. The first-order valence-electron chi connectivity index (χ1n) is 3.21. The van der Waals surface area contributed by atoms with E-state index in [0.717, 1.165) is 0 Å². The molecule has 0 atom stereocenters. The third kappa shape index (κ3) is 6.59. The van der Waals surface area contributed by atoms with Crippen molar-refractivity contribution in [3.05, 3.63) is 0 Å². The normalized spacial score (nSPS) is 7.82. The van der Waals surface area contributed by atoms with Crippen molar-refractivity contribution in [1.82, 2.24) is 0 Å². The SMILES string of the molecule is CC#CCOC(=O)CC(C)=O. The number of esters is 1. The maximum atomic E-state index is 10.6. The molecule has 0 aliphatic carbocycles. The van der Waals surface area contributed by atoms with Crippen LogP contribution in [0, 0.1) is 11.8 Å². The largest absolute Gasteiger partial charge is 0.452 e. The lowest BCUT2D eigenvalue weighted by atomic mass is 10.3. The molecule has 0 saturated heterocycles. The number of hydrogen-bond donors (Lipinski definition) is 0. The fourth-order valence-corrected chi connectivity index (χ4v) is 0.443. The van der Waals surface area contributed by atoms with E-state index in [1.807, 2.05) is 0 Å². The fraction of sp³-hybridized carbons (Fsp3) is 0.500. The number of ketones is 1. The Balaban J connectivity index is 3.51. The number of rotatable bonds is 3. The molecule has 0 aromatic heterocycles. The highest BCUT2D eigenvalue weighted by molar-refractivity contribution is 5.94. The predicted molar refractivity (Wildman–Crippen MR) is 39.7 cm³/mol. The van der Waals surface area contributed by atoms with E-state index in [1.165, 1.54) is 6.92 Å². The zero-order chi connectivity index (χ0) is 8.69. The van der Waals surface area contributed by atoms with Crippen LogP contribution in [0.2, 0.25) is 0 Å². The Kier molecular flexibility index (Phi) is 4.83. The lowest BCUT2D eigenvalue weighted by Gasteiger charge is -1.95. The van der Waals surface area contributed by atoms with Crippen LogP contribution in [0.3, 0.4) is 0 Å². The smallest absolute Gasteiger partial charge is 0.314 e. The third-order valence-corrected chi connectivity index (χ3v) is 0.875. The van der Waals surface area contributed by atoms with Crippen molar-refractivity contribution < 1.29 is 14.3 Å². The van der Waals surface area contributed by atoms with Crippen LogP contribution >= 0.6 is 0 Å². The van der Waals surface area contributed by atoms with E-state index < -0.39 is 5.97 Å². The van der Waals surface area contributed by atoms with Crippen molar-refractivity contribution in [2.24, 2.45) is 0 Å². The molecule has 3 heteroatoms. The van der Waals surface area contributed by atoms with Crippen LogP contribution in [0.1, 0.15) is 20.3 Å². The summed E-state index contributed by atoms with van der Waals surface area (Å²) in [6.45, 7) is 3.06. The van der Waals surface area contributed by atoms with Crippen molar-refractivity contribution >= 4 is 11.8 Å². The molecule has 0 N–H and O–H groups in total. The van der Waals surface area contributed by atoms with Crippen LogP contribution in [0.4, 0.5) is 0 Å². The highest BCUT2D eigenvalue weighted by Gasteiger charge is 2.04. The van der Waals surface area contributed by atoms with Gasteiger partial charge in [0.2, 0.25) is 0 Å². The van der Waals surface area contributed by atoms with E-state index >= 15 is 0 Å². The van der Waals surface area contributed by atoms with Crippen LogP contribution in [-0.2, 0) is 14.3 Å². The Labute approximate surface area is 65.7 Å². The first-order valence-corrected chi connectivity index (χ1v) is 3.21. The summed E-state index contributed by atoms with van der Waals surface area (Å²) in [5, 5.41) is 0. The predicted octanol–water partition coefficient (Wildman–Crippen LogP) is 0.532. The van der Waals surface area contributed by atoms with Gasteiger partial charge >= 0.3 is 5.97 Å². The van der Waals surface area contributed by atoms with Crippen LogP contribution in [0.25, 0.3) is 0 Å². The molecule has 0 rings (SSSR count). The second-order valence-electron chi connectivity index (χ2n) is 1.97. The fourth-order valence-electron chi connectivity index (χ4n) is 0.443. The lowest BCUT2D eigenvalue weighted by molar-refractivity contribution is -0.144. The van der Waals surface area contributed by atoms with Crippen LogP contribution in [0.15, 0.2) is 0 Å². The first kappa shape index (κ1) is 9.70. The standard InChI is InChI=1S/C8H10O3/c1-3-4-5-11-8(10)6-7(2)9/h5-6H2,1-2H3. The minimum absolute atomic E-state index is 0.0720. The number of ether oxygens (including phenoxy) is 1. The molecule has 3 nitrogen and oxygen atoms in total. The zero-order valence-corrected chi connectivity index (χ0v) is 6.64. The summed E-state index contributed by atoms with van der Waals surface area (Å²) in [5.74, 6) is 4.40. The molecular weight excluding hydrogens is 144 g/mol. The van der Waals surface area contributed by atoms with Gasteiger partial charge in [0, 0.05) is 0 Å². The molecule has 0 radical (unpaired) electrons. The molecule has 11 heavy (non-hydrogen) atoms. The van der Waals surface area contributed by atoms with E-state index in [-0.39, 0.29) is 18.8 Å². The van der Waals surface area contributed by atoms with E-state index in [1.54, 1.807) is 6.92 Å². The zero-order valence-electron chi connectivity index (χ0n) is 6.64. The molecule has 0 aliphatic heterocycles. The first-order chi connectivity index (χ1) is 5.16. The van der Waals surface area contributed by atoms with Crippen LogP contribution in [-0.4, -0.2) is 18.4 Å². The van der Waals surface area contributed by atoms with Crippen molar-refractivity contribution in [3.8, 4) is 11.8 Å². The number of Topliss-reactive ketones (excluding diaryl/α,β-unsaturated/α-hetero) is 1. The summed E-state index contributed by atoms with van der Waals surface area (Å²) in [4.78, 5) is 21.0. The van der Waals surface area contributed by atoms with E-state index in [4.69, 9.17) is 0 Å². The summed E-state index contributed by atoms with van der Waals surface area (Å²) in [6.07, 6.45) is -0.161. The molecule has 0 aromatic rings. The molecule has 0 fully saturated rings. The van der Waals surface area contributed by atoms with Crippen LogP contribution < -0.4 is 0 Å². The van der Waals surface area contributed by atoms with Crippen molar-refractivity contribution in [1.29, 1.82) is 0 Å². The van der Waals surface area contributed by atoms with Gasteiger partial charge in [0.05, 0.1) is 0 Å². The summed E-state index contributed by atoms with van der Waals surface area (Å²) < 4.78 is 4.56. The van der Waals surface area contributed by atoms with Crippen molar-refractivity contribution in [2.75, 3.05) is 6.61 Å². The average Bonchev–Trinajstić information content (AvgIpc) is 1.86. The van der Waals surface area contributed by atoms with E-state index in [2.05, 4.69) is 16.6 Å². The Hall–Kier alpha value is -1.30. The van der Waals surface area contributed by atoms with E-state index in [9.17, 15) is 9.59 Å². The molecule has 0 aromatic carbocycles. The van der Waals surface area contributed by atoms with Gasteiger partial charge in [-0.2, -0.15) is 0 Å². The molecule has 0 unspecified atom stereocenters. The highest BCUT2D eigenvalue weighted by Crippen LogP contribution is 1.86. The van der Waals surface area contributed by atoms with Gasteiger partial charge in [-0.25, -0.2) is 0 Å². The van der Waals surface area contributed by atoms with Crippen molar-refractivity contribution in [3.63, 3.8) is 0 Å². The van der Waals surface area contributed by atoms with Gasteiger partial charge < -0.3 is 4.74 Å². The average molecular weight is 154 g/mol.